The lowest BCUT2D eigenvalue weighted by molar-refractivity contribution is -0.116. The van der Waals surface area contributed by atoms with E-state index < -0.39 is 0 Å². The molecule has 58 valence electrons. The summed E-state index contributed by atoms with van der Waals surface area (Å²) in [5, 5.41) is 3.89. The van der Waals surface area contributed by atoms with Crippen molar-refractivity contribution in [2.24, 2.45) is 5.10 Å². The van der Waals surface area contributed by atoms with Gasteiger partial charge in [0, 0.05) is 18.2 Å². The van der Waals surface area contributed by atoms with E-state index in [-0.39, 0.29) is 11.8 Å². The number of Topliss-reactive ketones (excluding diaryl/α,β-unsaturated/α-hetero) is 1. The molecule has 3 heteroatoms. The van der Waals surface area contributed by atoms with Crippen LogP contribution in [-0.4, -0.2) is 18.0 Å². The molecule has 1 aliphatic carbocycles. The van der Waals surface area contributed by atoms with Crippen LogP contribution in [0.15, 0.2) is 16.8 Å². The highest BCUT2D eigenvalue weighted by Crippen LogP contribution is 2.21. The van der Waals surface area contributed by atoms with E-state index in [1.807, 2.05) is 6.08 Å². The smallest absolute Gasteiger partial charge is 0.161 e. The van der Waals surface area contributed by atoms with Crippen LogP contribution in [0.5, 0.6) is 0 Å². The molecule has 0 amide bonds. The van der Waals surface area contributed by atoms with Crippen molar-refractivity contribution >= 4 is 12.0 Å². The summed E-state index contributed by atoms with van der Waals surface area (Å²) in [6.45, 7) is 0. The maximum Gasteiger partial charge on any atom is 0.161 e. The lowest BCUT2D eigenvalue weighted by Crippen LogP contribution is -2.35. The Morgan fingerprint density at radius 2 is 2.55 bits per heavy atom. The minimum atomic E-state index is 0.196. The van der Waals surface area contributed by atoms with Gasteiger partial charge in [0.25, 0.3) is 0 Å². The van der Waals surface area contributed by atoms with Crippen LogP contribution in [0, 0.1) is 0 Å². The Bertz CT molecular complexity index is 242. The van der Waals surface area contributed by atoms with E-state index in [4.69, 9.17) is 0 Å². The number of rotatable bonds is 0. The largest absolute Gasteiger partial charge is 0.302 e. The third-order valence-corrected chi connectivity index (χ3v) is 2.15. The van der Waals surface area contributed by atoms with Crippen molar-refractivity contribution < 1.29 is 4.79 Å². The quantitative estimate of drug-likeness (QED) is 0.550. The molecule has 0 aromatic carbocycles. The van der Waals surface area contributed by atoms with Crippen molar-refractivity contribution in [1.29, 1.82) is 0 Å². The Balaban J connectivity index is 2.27. The predicted molar refractivity (Wildman–Crippen MR) is 42.4 cm³/mol. The van der Waals surface area contributed by atoms with E-state index in [0.29, 0.717) is 6.42 Å². The van der Waals surface area contributed by atoms with Gasteiger partial charge in [-0.25, -0.2) is 0 Å². The molecule has 1 aliphatic heterocycles. The molecule has 2 rings (SSSR count). The molecular formula is C8H10N2O. The van der Waals surface area contributed by atoms with Crippen LogP contribution in [-0.2, 0) is 4.79 Å². The maximum atomic E-state index is 11.3. The number of hydrogen-bond donors (Lipinski definition) is 1. The second-order valence-corrected chi connectivity index (χ2v) is 2.90. The molecule has 1 N–H and O–H groups in total. The highest BCUT2D eigenvalue weighted by Gasteiger charge is 2.25. The number of hydrogen-bond acceptors (Lipinski definition) is 3. The van der Waals surface area contributed by atoms with E-state index in [9.17, 15) is 4.79 Å². The van der Waals surface area contributed by atoms with Gasteiger partial charge in [-0.2, -0.15) is 5.10 Å². The van der Waals surface area contributed by atoms with Gasteiger partial charge < -0.3 is 5.43 Å². The summed E-state index contributed by atoms with van der Waals surface area (Å²) in [5.41, 5.74) is 3.84. The fourth-order valence-electron chi connectivity index (χ4n) is 1.55. The summed E-state index contributed by atoms with van der Waals surface area (Å²) in [7, 11) is 0. The summed E-state index contributed by atoms with van der Waals surface area (Å²) < 4.78 is 0. The second kappa shape index (κ2) is 2.49. The Labute approximate surface area is 65.2 Å². The van der Waals surface area contributed by atoms with Crippen LogP contribution in [0.25, 0.3) is 0 Å². The van der Waals surface area contributed by atoms with Gasteiger partial charge in [-0.15, -0.1) is 0 Å². The molecule has 1 unspecified atom stereocenters. The highest BCUT2D eigenvalue weighted by molar-refractivity contribution is 6.01. The van der Waals surface area contributed by atoms with Gasteiger partial charge in [0.2, 0.25) is 0 Å². The second-order valence-electron chi connectivity index (χ2n) is 2.90. The van der Waals surface area contributed by atoms with Gasteiger partial charge in [0.1, 0.15) is 0 Å². The topological polar surface area (TPSA) is 41.5 Å². The van der Waals surface area contributed by atoms with E-state index in [0.717, 1.165) is 18.4 Å². The molecule has 1 saturated carbocycles. The van der Waals surface area contributed by atoms with Crippen LogP contribution in [0.3, 0.4) is 0 Å². The molecule has 0 spiro atoms. The Hall–Kier alpha value is -1.12. The minimum absolute atomic E-state index is 0.196. The summed E-state index contributed by atoms with van der Waals surface area (Å²) in [6.07, 6.45) is 6.20. The van der Waals surface area contributed by atoms with E-state index in [1.54, 1.807) is 6.21 Å². The first kappa shape index (κ1) is 6.58. The zero-order chi connectivity index (χ0) is 7.68. The van der Waals surface area contributed by atoms with Crippen LogP contribution in [0.1, 0.15) is 19.3 Å². The van der Waals surface area contributed by atoms with Gasteiger partial charge >= 0.3 is 0 Å². The van der Waals surface area contributed by atoms with Gasteiger partial charge in [0.05, 0.1) is 6.04 Å². The first-order valence-corrected chi connectivity index (χ1v) is 3.90. The Morgan fingerprint density at radius 3 is 3.36 bits per heavy atom. The number of allylic oxidation sites excluding steroid dienone is 1. The van der Waals surface area contributed by atoms with Crippen molar-refractivity contribution in [2.45, 2.75) is 25.3 Å². The van der Waals surface area contributed by atoms with E-state index in [1.165, 1.54) is 0 Å². The third kappa shape index (κ3) is 1.06. The number of ketones is 1. The molecule has 1 atom stereocenters. The van der Waals surface area contributed by atoms with Gasteiger partial charge in [-0.3, -0.25) is 4.79 Å². The Morgan fingerprint density at radius 1 is 1.64 bits per heavy atom. The fraction of sp³-hybridized carbons (Fsp3) is 0.500. The van der Waals surface area contributed by atoms with E-state index in [2.05, 4.69) is 10.5 Å². The highest BCUT2D eigenvalue weighted by atomic mass is 16.1. The summed E-state index contributed by atoms with van der Waals surface area (Å²) in [4.78, 5) is 11.3. The van der Waals surface area contributed by atoms with Crippen LogP contribution in [0.2, 0.25) is 0 Å². The molecule has 0 aromatic rings. The normalized spacial score (nSPS) is 28.9. The first-order valence-electron chi connectivity index (χ1n) is 3.90. The molecule has 2 aliphatic rings. The van der Waals surface area contributed by atoms with Gasteiger partial charge in [-0.05, 0) is 18.9 Å². The standard InChI is InChI=1S/C8H10N2O/c11-8-3-1-2-7-6(8)4-5-9-10-7/h4-5,7,10H,1-3H2. The fourth-order valence-corrected chi connectivity index (χ4v) is 1.55. The summed E-state index contributed by atoms with van der Waals surface area (Å²) in [6, 6.07) is 0.196. The molecule has 3 nitrogen and oxygen atoms in total. The summed E-state index contributed by atoms with van der Waals surface area (Å²) in [5.74, 6) is 0.278. The zero-order valence-corrected chi connectivity index (χ0v) is 6.21. The monoisotopic (exact) mass is 150 g/mol. The van der Waals surface area contributed by atoms with Crippen LogP contribution >= 0.6 is 0 Å². The molecule has 1 fully saturated rings. The van der Waals surface area contributed by atoms with Crippen molar-refractivity contribution in [3.05, 3.63) is 11.6 Å². The minimum Gasteiger partial charge on any atom is -0.302 e. The number of carbonyl (C=O) groups excluding carboxylic acids is 1. The molecule has 0 aromatic heterocycles. The zero-order valence-electron chi connectivity index (χ0n) is 6.21. The van der Waals surface area contributed by atoms with Crippen LogP contribution < -0.4 is 5.43 Å². The van der Waals surface area contributed by atoms with Gasteiger partial charge in [0.15, 0.2) is 5.78 Å². The molecule has 1 heterocycles. The SMILES string of the molecule is O=C1CCCC2NN=CC=C12. The summed E-state index contributed by atoms with van der Waals surface area (Å²) >= 11 is 0. The number of nitrogens with zero attached hydrogens (tertiary/aromatic N) is 1. The number of carbonyl (C=O) groups is 1. The predicted octanol–water partition coefficient (Wildman–Crippen LogP) is 0.623. The van der Waals surface area contributed by atoms with E-state index >= 15 is 0 Å². The number of nitrogens with one attached hydrogen (secondary N) is 1. The van der Waals surface area contributed by atoms with Crippen LogP contribution in [0.4, 0.5) is 0 Å². The molecule has 0 bridgehead atoms. The Kier molecular flexibility index (Phi) is 1.49. The number of hydrazone groups is 1. The molecular weight excluding hydrogens is 140 g/mol. The van der Waals surface area contributed by atoms with Crippen molar-refractivity contribution in [3.8, 4) is 0 Å². The lowest BCUT2D eigenvalue weighted by atomic mass is 9.88. The average molecular weight is 150 g/mol. The molecule has 0 radical (unpaired) electrons. The van der Waals surface area contributed by atoms with Crippen molar-refractivity contribution in [3.63, 3.8) is 0 Å². The lowest BCUT2D eigenvalue weighted by Gasteiger charge is -2.25. The molecule has 11 heavy (non-hydrogen) atoms. The maximum absolute atomic E-state index is 11.3. The van der Waals surface area contributed by atoms with Crippen molar-refractivity contribution in [1.82, 2.24) is 5.43 Å². The first-order chi connectivity index (χ1) is 5.38. The van der Waals surface area contributed by atoms with Crippen molar-refractivity contribution in [2.75, 3.05) is 0 Å². The average Bonchev–Trinajstić information content (AvgIpc) is 2.06. The molecule has 0 saturated heterocycles. The number of fused-ring (bicyclic) bond motifs is 1. The third-order valence-electron chi connectivity index (χ3n) is 2.15. The van der Waals surface area contributed by atoms with Gasteiger partial charge in [-0.1, -0.05) is 0 Å².